The first-order valence-corrected chi connectivity index (χ1v) is 8.42. The first kappa shape index (κ1) is 15.1. The van der Waals surface area contributed by atoms with Crippen LogP contribution < -0.4 is 0 Å². The van der Waals surface area contributed by atoms with E-state index in [1.54, 1.807) is 42.5 Å². The van der Waals surface area contributed by atoms with Crippen molar-refractivity contribution >= 4 is 20.9 Å². The Morgan fingerprint density at radius 2 is 1.74 bits per heavy atom. The average molecular weight is 326 g/mol. The fourth-order valence-corrected chi connectivity index (χ4v) is 4.29. The average Bonchev–Trinajstić information content (AvgIpc) is 2.87. The number of rotatable bonds is 4. The second-order valence-electron chi connectivity index (χ2n) is 5.06. The molecule has 3 rings (SSSR count). The second-order valence-corrected chi connectivity index (χ2v) is 6.85. The van der Waals surface area contributed by atoms with Gasteiger partial charge in [0, 0.05) is 16.0 Å². The van der Waals surface area contributed by atoms with Crippen LogP contribution in [-0.4, -0.2) is 12.4 Å². The summed E-state index contributed by atoms with van der Waals surface area (Å²) < 4.78 is 27.4. The zero-order valence-electron chi connectivity index (χ0n) is 12.4. The van der Waals surface area contributed by atoms with Crippen molar-refractivity contribution in [2.75, 3.05) is 0 Å². The van der Waals surface area contributed by atoms with Crippen LogP contribution in [0.1, 0.15) is 11.3 Å². The molecule has 7 heteroatoms. The lowest BCUT2D eigenvalue weighted by Crippen LogP contribution is -2.15. The molecule has 0 atom stereocenters. The van der Waals surface area contributed by atoms with E-state index in [-0.39, 0.29) is 11.4 Å². The van der Waals surface area contributed by atoms with Crippen LogP contribution in [0.5, 0.6) is 0 Å². The SMILES string of the molecule is Cc1c(CN=[N+]=[N-])n(S(=O)(=O)c2ccccc2)c2ccccc12. The molecule has 23 heavy (non-hydrogen) atoms. The molecule has 0 saturated heterocycles. The maximum absolute atomic E-state index is 13.1. The van der Waals surface area contributed by atoms with Gasteiger partial charge in [0.05, 0.1) is 17.0 Å². The Kier molecular flexibility index (Phi) is 3.82. The van der Waals surface area contributed by atoms with E-state index in [9.17, 15) is 8.42 Å². The number of benzene rings is 2. The number of para-hydroxylation sites is 1. The first-order chi connectivity index (χ1) is 11.1. The van der Waals surface area contributed by atoms with E-state index in [0.717, 1.165) is 10.9 Å². The lowest BCUT2D eigenvalue weighted by atomic mass is 10.1. The molecule has 3 aromatic rings. The highest BCUT2D eigenvalue weighted by molar-refractivity contribution is 7.90. The normalized spacial score (nSPS) is 11.3. The molecule has 0 N–H and O–H groups in total. The van der Waals surface area contributed by atoms with Gasteiger partial charge in [-0.15, -0.1) is 0 Å². The van der Waals surface area contributed by atoms with Crippen LogP contribution >= 0.6 is 0 Å². The number of hydrogen-bond acceptors (Lipinski definition) is 3. The minimum Gasteiger partial charge on any atom is -0.238 e. The number of aryl methyl sites for hydroxylation is 1. The Hall–Kier alpha value is -2.76. The monoisotopic (exact) mass is 326 g/mol. The maximum atomic E-state index is 13.1. The highest BCUT2D eigenvalue weighted by Gasteiger charge is 2.24. The van der Waals surface area contributed by atoms with Gasteiger partial charge in [0.25, 0.3) is 10.0 Å². The third kappa shape index (κ3) is 2.46. The van der Waals surface area contributed by atoms with Crippen LogP contribution in [0, 0.1) is 6.92 Å². The van der Waals surface area contributed by atoms with Crippen molar-refractivity contribution in [1.82, 2.24) is 3.97 Å². The van der Waals surface area contributed by atoms with Gasteiger partial charge in [-0.25, -0.2) is 12.4 Å². The number of aromatic nitrogens is 1. The van der Waals surface area contributed by atoms with Gasteiger partial charge < -0.3 is 0 Å². The quantitative estimate of drug-likeness (QED) is 0.412. The summed E-state index contributed by atoms with van der Waals surface area (Å²) in [6.07, 6.45) is 0. The summed E-state index contributed by atoms with van der Waals surface area (Å²) in [6.45, 7) is 1.81. The molecule has 0 aliphatic rings. The molecular weight excluding hydrogens is 312 g/mol. The minimum absolute atomic E-state index is 0.0247. The van der Waals surface area contributed by atoms with Gasteiger partial charge in [0.15, 0.2) is 0 Å². The topological polar surface area (TPSA) is 87.8 Å². The Bertz CT molecular complexity index is 1020. The predicted octanol–water partition coefficient (Wildman–Crippen LogP) is 4.00. The zero-order chi connectivity index (χ0) is 16.4. The van der Waals surface area contributed by atoms with Crippen molar-refractivity contribution in [3.05, 3.63) is 76.3 Å². The standard InChI is InChI=1S/C16H14N4O2S/c1-12-14-9-5-6-10-15(14)20(16(12)11-18-19-17)23(21,22)13-7-3-2-4-8-13/h2-10H,11H2,1H3. The molecule has 0 amide bonds. The number of fused-ring (bicyclic) bond motifs is 1. The molecule has 1 aromatic heterocycles. The van der Waals surface area contributed by atoms with Gasteiger partial charge in [-0.2, -0.15) is 0 Å². The molecular formula is C16H14N4O2S. The molecule has 0 radical (unpaired) electrons. The van der Waals surface area contributed by atoms with Crippen LogP contribution in [0.15, 0.2) is 64.6 Å². The molecule has 0 unspecified atom stereocenters. The lowest BCUT2D eigenvalue weighted by molar-refractivity contribution is 0.586. The van der Waals surface area contributed by atoms with Crippen molar-refractivity contribution in [3.63, 3.8) is 0 Å². The van der Waals surface area contributed by atoms with Crippen molar-refractivity contribution < 1.29 is 8.42 Å². The molecule has 1 heterocycles. The predicted molar refractivity (Wildman–Crippen MR) is 88.6 cm³/mol. The van der Waals surface area contributed by atoms with Gasteiger partial charge in [-0.1, -0.05) is 41.5 Å². The highest BCUT2D eigenvalue weighted by atomic mass is 32.2. The van der Waals surface area contributed by atoms with E-state index in [0.29, 0.717) is 11.2 Å². The Labute approximate surface area is 133 Å². The molecule has 116 valence electrons. The van der Waals surface area contributed by atoms with E-state index in [1.807, 2.05) is 19.1 Å². The fourth-order valence-electron chi connectivity index (χ4n) is 2.67. The van der Waals surface area contributed by atoms with E-state index >= 15 is 0 Å². The summed E-state index contributed by atoms with van der Waals surface area (Å²) >= 11 is 0. The molecule has 0 fully saturated rings. The van der Waals surface area contributed by atoms with Gasteiger partial charge in [0.1, 0.15) is 0 Å². The largest absolute Gasteiger partial charge is 0.268 e. The number of nitrogens with zero attached hydrogens (tertiary/aromatic N) is 4. The van der Waals surface area contributed by atoms with Crippen LogP contribution in [0.2, 0.25) is 0 Å². The van der Waals surface area contributed by atoms with Crippen LogP contribution in [-0.2, 0) is 16.6 Å². The number of azide groups is 1. The Morgan fingerprint density at radius 1 is 1.09 bits per heavy atom. The summed E-state index contributed by atoms with van der Waals surface area (Å²) in [5.74, 6) is 0. The molecule has 0 spiro atoms. The lowest BCUT2D eigenvalue weighted by Gasteiger charge is -2.11. The van der Waals surface area contributed by atoms with Crippen molar-refractivity contribution in [2.45, 2.75) is 18.4 Å². The summed E-state index contributed by atoms with van der Waals surface area (Å²) in [5, 5.41) is 4.39. The molecule has 6 nitrogen and oxygen atoms in total. The zero-order valence-corrected chi connectivity index (χ0v) is 13.2. The maximum Gasteiger partial charge on any atom is 0.268 e. The van der Waals surface area contributed by atoms with Crippen molar-refractivity contribution in [2.24, 2.45) is 5.11 Å². The van der Waals surface area contributed by atoms with E-state index < -0.39 is 10.0 Å². The smallest absolute Gasteiger partial charge is 0.238 e. The summed E-state index contributed by atoms with van der Waals surface area (Å²) in [5.41, 5.74) is 10.5. The Balaban J connectivity index is 2.38. The van der Waals surface area contributed by atoms with Gasteiger partial charge in [-0.05, 0) is 36.2 Å². The van der Waals surface area contributed by atoms with E-state index in [4.69, 9.17) is 5.53 Å². The van der Waals surface area contributed by atoms with Gasteiger partial charge in [-0.3, -0.25) is 0 Å². The van der Waals surface area contributed by atoms with Crippen molar-refractivity contribution in [1.29, 1.82) is 0 Å². The Morgan fingerprint density at radius 3 is 2.43 bits per heavy atom. The van der Waals surface area contributed by atoms with Crippen LogP contribution in [0.25, 0.3) is 21.3 Å². The van der Waals surface area contributed by atoms with Gasteiger partial charge >= 0.3 is 0 Å². The third-order valence-corrected chi connectivity index (χ3v) is 5.54. The molecule has 2 aromatic carbocycles. The summed E-state index contributed by atoms with van der Waals surface area (Å²) in [4.78, 5) is 2.95. The highest BCUT2D eigenvalue weighted by Crippen LogP contribution is 2.30. The van der Waals surface area contributed by atoms with Crippen LogP contribution in [0.4, 0.5) is 0 Å². The minimum atomic E-state index is -3.77. The number of hydrogen-bond donors (Lipinski definition) is 0. The summed E-state index contributed by atoms with van der Waals surface area (Å²) in [7, 11) is -3.77. The molecule has 0 aliphatic carbocycles. The fraction of sp³-hybridized carbons (Fsp3) is 0.125. The van der Waals surface area contributed by atoms with Crippen LogP contribution in [0.3, 0.4) is 0 Å². The van der Waals surface area contributed by atoms with Crippen molar-refractivity contribution in [3.8, 4) is 0 Å². The summed E-state index contributed by atoms with van der Waals surface area (Å²) in [6, 6.07) is 15.5. The van der Waals surface area contributed by atoms with Gasteiger partial charge in [0.2, 0.25) is 0 Å². The molecule has 0 saturated carbocycles. The third-order valence-electron chi connectivity index (χ3n) is 3.77. The van der Waals surface area contributed by atoms with E-state index in [1.165, 1.54) is 3.97 Å². The molecule has 0 aliphatic heterocycles. The van der Waals surface area contributed by atoms with E-state index in [2.05, 4.69) is 10.0 Å². The second kappa shape index (κ2) is 5.79. The first-order valence-electron chi connectivity index (χ1n) is 6.98. The molecule has 0 bridgehead atoms.